The molecular weight excluding hydrogens is 314 g/mol. The highest BCUT2D eigenvalue weighted by molar-refractivity contribution is 7.71. The second-order valence-corrected chi connectivity index (χ2v) is 6.43. The number of allylic oxidation sites excluding steroid dienone is 1. The van der Waals surface area contributed by atoms with Crippen molar-refractivity contribution in [1.82, 2.24) is 15.0 Å². The van der Waals surface area contributed by atoms with Gasteiger partial charge in [0.05, 0.1) is 16.5 Å². The first-order valence-corrected chi connectivity index (χ1v) is 7.50. The molecule has 0 saturated heterocycles. The molecule has 6 nitrogen and oxygen atoms in total. The summed E-state index contributed by atoms with van der Waals surface area (Å²) < 4.78 is 1.69. The van der Waals surface area contributed by atoms with Crippen LogP contribution in [0.2, 0.25) is 0 Å². The fourth-order valence-electron chi connectivity index (χ4n) is 1.95. The molecule has 1 aromatic heterocycles. The Kier molecular flexibility index (Phi) is 4.82. The Morgan fingerprint density at radius 3 is 2.78 bits per heavy atom. The lowest BCUT2D eigenvalue weighted by molar-refractivity contribution is -0.0589. The number of fused-ring (bicyclic) bond motifs is 1. The van der Waals surface area contributed by atoms with E-state index in [1.165, 1.54) is 4.57 Å². The summed E-state index contributed by atoms with van der Waals surface area (Å²) >= 11 is 5.18. The average molecular weight is 333 g/mol. The lowest BCUT2D eigenvalue weighted by Crippen LogP contribution is -2.33. The summed E-state index contributed by atoms with van der Waals surface area (Å²) in [6.07, 6.45) is 1.60. The van der Waals surface area contributed by atoms with E-state index in [0.717, 1.165) is 0 Å². The topological polar surface area (TPSA) is 76.1 Å². The summed E-state index contributed by atoms with van der Waals surface area (Å²) in [4.78, 5) is 32.7. The first kappa shape index (κ1) is 17.1. The van der Waals surface area contributed by atoms with Gasteiger partial charge in [-0.2, -0.15) is 0 Å². The fourth-order valence-corrected chi connectivity index (χ4v) is 2.22. The minimum absolute atomic E-state index is 0.221. The monoisotopic (exact) mass is 333 g/mol. The van der Waals surface area contributed by atoms with Crippen LogP contribution in [0, 0.1) is 4.77 Å². The van der Waals surface area contributed by atoms with E-state index in [1.807, 2.05) is 20.8 Å². The molecule has 2 N–H and O–H groups in total. The minimum atomic E-state index is -0.495. The van der Waals surface area contributed by atoms with Gasteiger partial charge in [-0.1, -0.05) is 6.08 Å². The predicted octanol–water partition coefficient (Wildman–Crippen LogP) is 2.70. The van der Waals surface area contributed by atoms with Gasteiger partial charge in [0.15, 0.2) is 4.77 Å². The van der Waals surface area contributed by atoms with E-state index in [4.69, 9.17) is 17.1 Å². The van der Waals surface area contributed by atoms with Crippen molar-refractivity contribution < 1.29 is 9.63 Å². The SMILES string of the molecule is C=CCn1c(=S)[nH]c2cc(C(=O)NOC(C)(C)C)ccc2c1=O. The molecule has 0 atom stereocenters. The minimum Gasteiger partial charge on any atom is -0.332 e. The third kappa shape index (κ3) is 3.94. The molecule has 23 heavy (non-hydrogen) atoms. The zero-order valence-corrected chi connectivity index (χ0v) is 14.1. The summed E-state index contributed by atoms with van der Waals surface area (Å²) in [6.45, 7) is 9.41. The maximum atomic E-state index is 12.4. The van der Waals surface area contributed by atoms with E-state index >= 15 is 0 Å². The maximum Gasteiger partial charge on any atom is 0.274 e. The van der Waals surface area contributed by atoms with E-state index < -0.39 is 11.5 Å². The van der Waals surface area contributed by atoms with Gasteiger partial charge in [0.1, 0.15) is 0 Å². The Bertz CT molecular complexity index is 875. The van der Waals surface area contributed by atoms with E-state index in [1.54, 1.807) is 24.3 Å². The number of nitrogens with one attached hydrogen (secondary N) is 2. The zero-order valence-electron chi connectivity index (χ0n) is 13.3. The molecule has 0 radical (unpaired) electrons. The van der Waals surface area contributed by atoms with Crippen LogP contribution < -0.4 is 11.0 Å². The molecule has 122 valence electrons. The number of rotatable bonds is 4. The Hall–Kier alpha value is -2.25. The maximum absolute atomic E-state index is 12.4. The molecule has 2 rings (SSSR count). The number of aromatic amines is 1. The van der Waals surface area contributed by atoms with Gasteiger partial charge in [-0.15, -0.1) is 6.58 Å². The van der Waals surface area contributed by atoms with Gasteiger partial charge < -0.3 is 4.98 Å². The van der Waals surface area contributed by atoms with Crippen LogP contribution in [0.4, 0.5) is 0 Å². The van der Waals surface area contributed by atoms with E-state index in [-0.39, 0.29) is 10.3 Å². The Labute approximate surface area is 138 Å². The van der Waals surface area contributed by atoms with E-state index in [0.29, 0.717) is 23.0 Å². The molecule has 7 heteroatoms. The van der Waals surface area contributed by atoms with Crippen LogP contribution >= 0.6 is 12.2 Å². The van der Waals surface area contributed by atoms with E-state index in [9.17, 15) is 9.59 Å². The van der Waals surface area contributed by atoms with Crippen LogP contribution in [0.3, 0.4) is 0 Å². The number of hydrogen-bond acceptors (Lipinski definition) is 4. The highest BCUT2D eigenvalue weighted by Crippen LogP contribution is 2.12. The summed E-state index contributed by atoms with van der Waals surface area (Å²) in [6, 6.07) is 4.74. The van der Waals surface area contributed by atoms with Crippen LogP contribution in [0.25, 0.3) is 10.9 Å². The van der Waals surface area contributed by atoms with Gasteiger partial charge in [-0.25, -0.2) is 5.48 Å². The summed E-state index contributed by atoms with van der Waals surface area (Å²) in [7, 11) is 0. The lowest BCUT2D eigenvalue weighted by Gasteiger charge is -2.19. The van der Waals surface area contributed by atoms with Crippen LogP contribution in [0.5, 0.6) is 0 Å². The molecule has 0 fully saturated rings. The molecule has 1 aromatic carbocycles. The van der Waals surface area contributed by atoms with Crippen molar-refractivity contribution >= 4 is 29.0 Å². The predicted molar refractivity (Wildman–Crippen MR) is 91.9 cm³/mol. The van der Waals surface area contributed by atoms with Gasteiger partial charge in [-0.3, -0.25) is 19.0 Å². The second-order valence-electron chi connectivity index (χ2n) is 6.04. The van der Waals surface area contributed by atoms with Gasteiger partial charge in [0, 0.05) is 12.1 Å². The summed E-state index contributed by atoms with van der Waals surface area (Å²) in [5.74, 6) is -0.392. The quantitative estimate of drug-likeness (QED) is 0.512. The van der Waals surface area contributed by atoms with Crippen molar-refractivity contribution in [2.24, 2.45) is 0 Å². The molecule has 0 aliphatic heterocycles. The molecule has 0 saturated carbocycles. The molecular formula is C16H19N3O3S. The van der Waals surface area contributed by atoms with Crippen molar-refractivity contribution in [3.63, 3.8) is 0 Å². The Balaban J connectivity index is 2.42. The average Bonchev–Trinajstić information content (AvgIpc) is 2.47. The normalized spacial score (nSPS) is 11.4. The highest BCUT2D eigenvalue weighted by Gasteiger charge is 2.15. The Morgan fingerprint density at radius 1 is 1.48 bits per heavy atom. The van der Waals surface area contributed by atoms with Crippen molar-refractivity contribution in [2.45, 2.75) is 32.9 Å². The van der Waals surface area contributed by atoms with Gasteiger partial charge in [-0.05, 0) is 51.2 Å². The number of benzene rings is 1. The molecule has 0 aliphatic rings. The standard InChI is InChI=1S/C16H19N3O3S/c1-5-8-19-14(21)11-7-6-10(9-12(11)17-15(19)23)13(20)18-22-16(2,3)4/h5-7,9H,1,8H2,2-4H3,(H,17,23)(H,18,20). The van der Waals surface area contributed by atoms with Crippen molar-refractivity contribution in [3.05, 3.63) is 51.5 Å². The first-order chi connectivity index (χ1) is 10.7. The smallest absolute Gasteiger partial charge is 0.274 e. The van der Waals surface area contributed by atoms with Crippen LogP contribution in [0.1, 0.15) is 31.1 Å². The zero-order chi connectivity index (χ0) is 17.2. The molecule has 0 unspecified atom stereocenters. The summed E-state index contributed by atoms with van der Waals surface area (Å²) in [5.41, 5.74) is 2.55. The molecule has 2 aromatic rings. The second kappa shape index (κ2) is 6.47. The summed E-state index contributed by atoms with van der Waals surface area (Å²) in [5, 5.41) is 0.453. The van der Waals surface area contributed by atoms with Crippen LogP contribution in [0.15, 0.2) is 35.6 Å². The van der Waals surface area contributed by atoms with Crippen LogP contribution in [-0.2, 0) is 11.4 Å². The van der Waals surface area contributed by atoms with Crippen molar-refractivity contribution in [3.8, 4) is 0 Å². The molecule has 0 aliphatic carbocycles. The largest absolute Gasteiger partial charge is 0.332 e. The molecule has 1 heterocycles. The van der Waals surface area contributed by atoms with Crippen molar-refractivity contribution in [1.29, 1.82) is 0 Å². The third-order valence-corrected chi connectivity index (χ3v) is 3.33. The number of hydrogen-bond donors (Lipinski definition) is 2. The highest BCUT2D eigenvalue weighted by atomic mass is 32.1. The van der Waals surface area contributed by atoms with E-state index in [2.05, 4.69) is 17.0 Å². The Morgan fingerprint density at radius 2 is 2.17 bits per heavy atom. The third-order valence-electron chi connectivity index (χ3n) is 3.01. The molecule has 0 bridgehead atoms. The molecule has 1 amide bonds. The van der Waals surface area contributed by atoms with Crippen LogP contribution in [-0.4, -0.2) is 21.1 Å². The van der Waals surface area contributed by atoms with Gasteiger partial charge in [0.2, 0.25) is 0 Å². The molecule has 0 spiro atoms. The number of carbonyl (C=O) groups excluding carboxylic acids is 1. The number of hydroxylamine groups is 1. The number of amides is 1. The van der Waals surface area contributed by atoms with Gasteiger partial charge >= 0.3 is 0 Å². The first-order valence-electron chi connectivity index (χ1n) is 7.09. The number of carbonyl (C=O) groups is 1. The fraction of sp³-hybridized carbons (Fsp3) is 0.312. The number of nitrogens with zero attached hydrogens (tertiary/aromatic N) is 1. The number of aromatic nitrogens is 2. The number of H-pyrrole nitrogens is 1. The van der Waals surface area contributed by atoms with Gasteiger partial charge in [0.25, 0.3) is 11.5 Å². The lowest BCUT2D eigenvalue weighted by atomic mass is 10.1. The van der Waals surface area contributed by atoms with Crippen molar-refractivity contribution in [2.75, 3.05) is 0 Å².